The fourth-order valence-electron chi connectivity index (χ4n) is 2.55. The molecule has 0 fully saturated rings. The second-order valence-corrected chi connectivity index (χ2v) is 8.88. The summed E-state index contributed by atoms with van der Waals surface area (Å²) in [6.45, 7) is 3.44. The molecule has 0 unspecified atom stereocenters. The molecule has 1 aromatic heterocycles. The van der Waals surface area contributed by atoms with Crippen LogP contribution in [0.5, 0.6) is 0 Å². The molecule has 0 aliphatic heterocycles. The maximum Gasteiger partial charge on any atom is 0.181 e. The van der Waals surface area contributed by atoms with Gasteiger partial charge in [-0.25, -0.2) is 13.4 Å². The highest BCUT2D eigenvalue weighted by Crippen LogP contribution is 2.17. The van der Waals surface area contributed by atoms with Gasteiger partial charge in [0.2, 0.25) is 0 Å². The van der Waals surface area contributed by atoms with Crippen molar-refractivity contribution in [3.63, 3.8) is 0 Å². The van der Waals surface area contributed by atoms with Gasteiger partial charge in [0.25, 0.3) is 0 Å². The average molecular weight is 343 g/mol. The number of nitrogens with zero attached hydrogens (tertiary/aromatic N) is 1. The fourth-order valence-corrected chi connectivity index (χ4v) is 3.54. The molecule has 0 radical (unpaired) electrons. The SMILES string of the molecule is CC(C)S(=O)(=O)Cc1ccc(CCc2ccc3ocnc3c2)cc1. The molecule has 3 rings (SSSR count). The first-order valence-corrected chi connectivity index (χ1v) is 9.77. The Hall–Kier alpha value is -2.14. The Morgan fingerprint density at radius 1 is 0.958 bits per heavy atom. The molecule has 0 bridgehead atoms. The highest BCUT2D eigenvalue weighted by atomic mass is 32.2. The Kier molecular flexibility index (Phi) is 4.71. The number of hydrogen-bond donors (Lipinski definition) is 0. The van der Waals surface area contributed by atoms with Gasteiger partial charge in [0.1, 0.15) is 5.52 Å². The second-order valence-electron chi connectivity index (χ2n) is 6.33. The van der Waals surface area contributed by atoms with E-state index < -0.39 is 9.84 Å². The summed E-state index contributed by atoms with van der Waals surface area (Å²) in [5, 5.41) is -0.344. The summed E-state index contributed by atoms with van der Waals surface area (Å²) in [7, 11) is -3.05. The Morgan fingerprint density at radius 2 is 1.58 bits per heavy atom. The van der Waals surface area contributed by atoms with Crippen molar-refractivity contribution >= 4 is 20.9 Å². The van der Waals surface area contributed by atoms with Gasteiger partial charge in [-0.05, 0) is 55.5 Å². The van der Waals surface area contributed by atoms with Gasteiger partial charge in [0, 0.05) is 0 Å². The van der Waals surface area contributed by atoms with Crippen LogP contribution in [0, 0.1) is 0 Å². The lowest BCUT2D eigenvalue weighted by Crippen LogP contribution is -2.15. The topological polar surface area (TPSA) is 60.2 Å². The molecule has 1 heterocycles. The third kappa shape index (κ3) is 3.85. The molecule has 0 saturated heterocycles. The van der Waals surface area contributed by atoms with Gasteiger partial charge in [-0.3, -0.25) is 0 Å². The Morgan fingerprint density at radius 3 is 2.29 bits per heavy atom. The predicted octanol–water partition coefficient (Wildman–Crippen LogP) is 3.94. The zero-order chi connectivity index (χ0) is 17.2. The molecule has 0 amide bonds. The maximum atomic E-state index is 12.0. The van der Waals surface area contributed by atoms with Gasteiger partial charge in [0.15, 0.2) is 21.8 Å². The largest absolute Gasteiger partial charge is 0.443 e. The molecule has 4 nitrogen and oxygen atoms in total. The zero-order valence-corrected chi connectivity index (χ0v) is 14.7. The van der Waals surface area contributed by atoms with Crippen molar-refractivity contribution in [3.8, 4) is 0 Å². The molecule has 0 N–H and O–H groups in total. The van der Waals surface area contributed by atoms with E-state index in [0.29, 0.717) is 0 Å². The van der Waals surface area contributed by atoms with Crippen LogP contribution in [0.15, 0.2) is 53.3 Å². The molecular weight excluding hydrogens is 322 g/mol. The summed E-state index contributed by atoms with van der Waals surface area (Å²) in [6.07, 6.45) is 3.27. The van der Waals surface area contributed by atoms with Gasteiger partial charge in [-0.1, -0.05) is 30.3 Å². The third-order valence-corrected chi connectivity index (χ3v) is 6.38. The highest BCUT2D eigenvalue weighted by Gasteiger charge is 2.16. The van der Waals surface area contributed by atoms with Crippen LogP contribution in [0.3, 0.4) is 0 Å². The van der Waals surface area contributed by atoms with Crippen molar-refractivity contribution in [1.82, 2.24) is 4.98 Å². The number of rotatable bonds is 6. The normalized spacial score (nSPS) is 12.1. The van der Waals surface area contributed by atoms with E-state index in [-0.39, 0.29) is 11.0 Å². The van der Waals surface area contributed by atoms with Crippen LogP contribution in [-0.4, -0.2) is 18.7 Å². The number of hydrogen-bond acceptors (Lipinski definition) is 4. The minimum absolute atomic E-state index is 0.105. The molecule has 5 heteroatoms. The zero-order valence-electron chi connectivity index (χ0n) is 13.9. The van der Waals surface area contributed by atoms with Crippen molar-refractivity contribution in [2.45, 2.75) is 37.7 Å². The van der Waals surface area contributed by atoms with Crippen molar-refractivity contribution in [2.75, 3.05) is 0 Å². The highest BCUT2D eigenvalue weighted by molar-refractivity contribution is 7.91. The van der Waals surface area contributed by atoms with Crippen LogP contribution in [0.25, 0.3) is 11.1 Å². The molecule has 3 aromatic rings. The van der Waals surface area contributed by atoms with E-state index in [9.17, 15) is 8.42 Å². The van der Waals surface area contributed by atoms with Crippen molar-refractivity contribution in [2.24, 2.45) is 0 Å². The van der Waals surface area contributed by atoms with Crippen molar-refractivity contribution in [1.29, 1.82) is 0 Å². The summed E-state index contributed by atoms with van der Waals surface area (Å²) < 4.78 is 29.2. The van der Waals surface area contributed by atoms with Crippen LogP contribution in [-0.2, 0) is 28.4 Å². The minimum Gasteiger partial charge on any atom is -0.443 e. The summed E-state index contributed by atoms with van der Waals surface area (Å²) >= 11 is 0. The van der Waals surface area contributed by atoms with Gasteiger partial charge < -0.3 is 4.42 Å². The Balaban J connectivity index is 1.63. The summed E-state index contributed by atoms with van der Waals surface area (Å²) in [6, 6.07) is 13.9. The van der Waals surface area contributed by atoms with E-state index in [2.05, 4.69) is 11.1 Å². The monoisotopic (exact) mass is 343 g/mol. The smallest absolute Gasteiger partial charge is 0.181 e. The van der Waals surface area contributed by atoms with Crippen LogP contribution >= 0.6 is 0 Å². The minimum atomic E-state index is -3.05. The molecule has 0 spiro atoms. The molecule has 0 saturated carbocycles. The number of benzene rings is 2. The second kappa shape index (κ2) is 6.77. The molecule has 0 aliphatic rings. The van der Waals surface area contributed by atoms with Crippen LogP contribution < -0.4 is 0 Å². The quantitative estimate of drug-likeness (QED) is 0.680. The van der Waals surface area contributed by atoms with E-state index in [1.54, 1.807) is 13.8 Å². The summed E-state index contributed by atoms with van der Waals surface area (Å²) in [5.41, 5.74) is 4.93. The molecular formula is C19H21NO3S. The number of aryl methyl sites for hydroxylation is 2. The number of sulfone groups is 1. The van der Waals surface area contributed by atoms with Crippen molar-refractivity contribution in [3.05, 3.63) is 65.5 Å². The van der Waals surface area contributed by atoms with Gasteiger partial charge in [0.05, 0.1) is 11.0 Å². The van der Waals surface area contributed by atoms with E-state index in [0.717, 1.165) is 29.5 Å². The van der Waals surface area contributed by atoms with E-state index >= 15 is 0 Å². The summed E-state index contributed by atoms with van der Waals surface area (Å²) in [4.78, 5) is 4.17. The Bertz CT molecular complexity index is 925. The average Bonchev–Trinajstić information content (AvgIpc) is 3.01. The molecule has 24 heavy (non-hydrogen) atoms. The van der Waals surface area contributed by atoms with Crippen molar-refractivity contribution < 1.29 is 12.8 Å². The van der Waals surface area contributed by atoms with Crippen LogP contribution in [0.2, 0.25) is 0 Å². The van der Waals surface area contributed by atoms with Gasteiger partial charge >= 0.3 is 0 Å². The fraction of sp³-hybridized carbons (Fsp3) is 0.316. The number of aromatic nitrogens is 1. The predicted molar refractivity (Wildman–Crippen MR) is 95.6 cm³/mol. The third-order valence-electron chi connectivity index (χ3n) is 4.21. The lowest BCUT2D eigenvalue weighted by molar-refractivity contribution is 0.586. The lowest BCUT2D eigenvalue weighted by Gasteiger charge is -2.08. The first-order chi connectivity index (χ1) is 11.4. The number of oxazole rings is 1. The Labute approximate surface area is 142 Å². The first kappa shape index (κ1) is 16.7. The van der Waals surface area contributed by atoms with E-state index in [1.165, 1.54) is 17.5 Å². The lowest BCUT2D eigenvalue weighted by atomic mass is 10.0. The van der Waals surface area contributed by atoms with Crippen LogP contribution in [0.4, 0.5) is 0 Å². The van der Waals surface area contributed by atoms with Gasteiger partial charge in [-0.2, -0.15) is 0 Å². The molecule has 0 atom stereocenters. The van der Waals surface area contributed by atoms with Crippen LogP contribution in [0.1, 0.15) is 30.5 Å². The first-order valence-electron chi connectivity index (χ1n) is 8.05. The summed E-state index contributed by atoms with van der Waals surface area (Å²) in [5.74, 6) is 0.105. The van der Waals surface area contributed by atoms with E-state index in [4.69, 9.17) is 4.42 Å². The van der Waals surface area contributed by atoms with Gasteiger partial charge in [-0.15, -0.1) is 0 Å². The molecule has 0 aliphatic carbocycles. The number of fused-ring (bicyclic) bond motifs is 1. The van der Waals surface area contributed by atoms with E-state index in [1.807, 2.05) is 36.4 Å². The standard InChI is InChI=1S/C19H21NO3S/c1-14(2)24(21,22)12-17-7-4-15(5-8-17)3-6-16-9-10-19-18(11-16)20-13-23-19/h4-5,7-11,13-14H,3,6,12H2,1-2H3. The maximum absolute atomic E-state index is 12.0. The molecule has 2 aromatic carbocycles. The molecule has 126 valence electrons.